The van der Waals surface area contributed by atoms with Crippen molar-refractivity contribution in [1.82, 2.24) is 4.98 Å². The van der Waals surface area contributed by atoms with E-state index in [0.29, 0.717) is 18.6 Å². The molecule has 1 aromatic carbocycles. The lowest BCUT2D eigenvalue weighted by Gasteiger charge is -2.40. The van der Waals surface area contributed by atoms with Crippen LogP contribution in [0.4, 0.5) is 0 Å². The van der Waals surface area contributed by atoms with Gasteiger partial charge in [-0.15, -0.1) is 0 Å². The van der Waals surface area contributed by atoms with Crippen LogP contribution in [-0.4, -0.2) is 17.6 Å². The van der Waals surface area contributed by atoms with Gasteiger partial charge in [-0.05, 0) is 43.4 Å². The third-order valence-electron chi connectivity index (χ3n) is 5.59. The number of aromatic amines is 1. The van der Waals surface area contributed by atoms with Crippen LogP contribution < -0.4 is 0 Å². The van der Waals surface area contributed by atoms with Crippen molar-refractivity contribution >= 4 is 16.9 Å². The minimum atomic E-state index is -1.05. The highest BCUT2D eigenvalue weighted by Crippen LogP contribution is 2.49. The summed E-state index contributed by atoms with van der Waals surface area (Å²) in [7, 11) is 0. The Hall–Kier alpha value is -2.32. The van der Waals surface area contributed by atoms with Crippen LogP contribution in [-0.2, 0) is 26.5 Å². The molecule has 5 nitrogen and oxygen atoms in total. The summed E-state index contributed by atoms with van der Waals surface area (Å²) in [6.07, 6.45) is 4.91. The van der Waals surface area contributed by atoms with E-state index in [2.05, 4.69) is 11.1 Å². The van der Waals surface area contributed by atoms with Gasteiger partial charge in [-0.1, -0.05) is 18.9 Å². The van der Waals surface area contributed by atoms with Crippen molar-refractivity contribution in [2.24, 2.45) is 5.92 Å². The second-order valence-electron chi connectivity index (χ2n) is 7.11. The number of benzene rings is 1. The molecule has 1 atom stereocenters. The van der Waals surface area contributed by atoms with Crippen LogP contribution in [0.5, 0.6) is 0 Å². The third kappa shape index (κ3) is 2.36. The molecule has 5 heteroatoms. The Morgan fingerprint density at radius 2 is 2.16 bits per heavy atom. The number of aromatic nitrogens is 1. The summed E-state index contributed by atoms with van der Waals surface area (Å²) in [5.74, 6) is -1.24. The molecule has 1 saturated carbocycles. The van der Waals surface area contributed by atoms with Crippen molar-refractivity contribution in [2.75, 3.05) is 6.61 Å². The molecule has 1 fully saturated rings. The smallest absolute Gasteiger partial charge is 0.305 e. The molecular formula is C20H22N2O3. The van der Waals surface area contributed by atoms with E-state index < -0.39 is 5.79 Å². The first-order valence-corrected chi connectivity index (χ1v) is 8.95. The van der Waals surface area contributed by atoms with E-state index >= 15 is 0 Å². The highest BCUT2D eigenvalue weighted by atomic mass is 16.7. The second kappa shape index (κ2) is 5.89. The Kier molecular flexibility index (Phi) is 3.81. The van der Waals surface area contributed by atoms with Gasteiger partial charge in [0, 0.05) is 18.2 Å². The number of hydrogen-bond donors (Lipinski definition) is 1. The number of nitriles is 1. The second-order valence-corrected chi connectivity index (χ2v) is 7.11. The van der Waals surface area contributed by atoms with Crippen molar-refractivity contribution in [3.63, 3.8) is 0 Å². The average Bonchev–Trinajstić information content (AvgIpc) is 3.24. The minimum Gasteiger partial charge on any atom is -0.427 e. The molecule has 130 valence electrons. The summed E-state index contributed by atoms with van der Waals surface area (Å²) >= 11 is 0. The highest BCUT2D eigenvalue weighted by Gasteiger charge is 2.51. The zero-order valence-corrected chi connectivity index (χ0v) is 14.6. The first-order valence-electron chi connectivity index (χ1n) is 8.95. The lowest BCUT2D eigenvalue weighted by atomic mass is 9.88. The quantitative estimate of drug-likeness (QED) is 0.845. The first-order chi connectivity index (χ1) is 12.1. The molecule has 0 bridgehead atoms. The number of carbonyl (C=O) groups is 1. The van der Waals surface area contributed by atoms with Crippen molar-refractivity contribution in [2.45, 2.75) is 51.7 Å². The lowest BCUT2D eigenvalue weighted by Crippen LogP contribution is -2.45. The Morgan fingerprint density at radius 3 is 2.84 bits per heavy atom. The van der Waals surface area contributed by atoms with Crippen LogP contribution >= 0.6 is 0 Å². The van der Waals surface area contributed by atoms with Gasteiger partial charge in [0.2, 0.25) is 0 Å². The van der Waals surface area contributed by atoms with E-state index in [0.717, 1.165) is 53.4 Å². The van der Waals surface area contributed by atoms with Gasteiger partial charge in [-0.3, -0.25) is 4.79 Å². The zero-order valence-electron chi connectivity index (χ0n) is 14.6. The molecule has 1 aliphatic carbocycles. The van der Waals surface area contributed by atoms with Gasteiger partial charge in [-0.2, -0.15) is 5.26 Å². The monoisotopic (exact) mass is 338 g/mol. The lowest BCUT2D eigenvalue weighted by molar-refractivity contribution is -0.269. The number of fused-ring (bicyclic) bond motifs is 3. The van der Waals surface area contributed by atoms with E-state index in [1.807, 2.05) is 19.1 Å². The van der Waals surface area contributed by atoms with Gasteiger partial charge in [0.1, 0.15) is 0 Å². The van der Waals surface area contributed by atoms with Crippen molar-refractivity contribution in [1.29, 1.82) is 5.26 Å². The van der Waals surface area contributed by atoms with Gasteiger partial charge in [0.25, 0.3) is 5.79 Å². The maximum Gasteiger partial charge on any atom is 0.305 e. The fraction of sp³-hybridized carbons (Fsp3) is 0.500. The summed E-state index contributed by atoms with van der Waals surface area (Å²) in [5, 5.41) is 10.5. The predicted molar refractivity (Wildman–Crippen MR) is 92.8 cm³/mol. The van der Waals surface area contributed by atoms with Gasteiger partial charge in [-0.25, -0.2) is 0 Å². The fourth-order valence-electron chi connectivity index (χ4n) is 4.53. The standard InChI is InChI=1S/C20H22N2O3/c1-12-7-8-14(11-21)17-16-9-10-24-20(25-13(2)23,15-5-3-4-6-15)19(16)22-18(12)17/h7-8,15,22H,3-6,9-10H2,1-2H3. The third-order valence-corrected chi connectivity index (χ3v) is 5.59. The molecule has 1 unspecified atom stereocenters. The van der Waals surface area contributed by atoms with Crippen molar-refractivity contribution in [3.05, 3.63) is 34.5 Å². The molecule has 2 heterocycles. The minimum absolute atomic E-state index is 0.148. The van der Waals surface area contributed by atoms with Crippen molar-refractivity contribution < 1.29 is 14.3 Å². The largest absolute Gasteiger partial charge is 0.427 e. The molecule has 1 aliphatic heterocycles. The maximum absolute atomic E-state index is 11.9. The van der Waals surface area contributed by atoms with Crippen molar-refractivity contribution in [3.8, 4) is 6.07 Å². The zero-order chi connectivity index (χ0) is 17.6. The molecule has 4 rings (SSSR count). The Labute approximate surface area is 146 Å². The number of carbonyl (C=O) groups excluding carboxylic acids is 1. The van der Waals surface area contributed by atoms with Crippen LogP contribution in [0.15, 0.2) is 12.1 Å². The summed E-state index contributed by atoms with van der Waals surface area (Å²) < 4.78 is 12.0. The van der Waals surface area contributed by atoms with E-state index in [4.69, 9.17) is 9.47 Å². The van der Waals surface area contributed by atoms with Gasteiger partial charge in [0.15, 0.2) is 0 Å². The maximum atomic E-state index is 11.9. The fourth-order valence-corrected chi connectivity index (χ4v) is 4.53. The predicted octanol–water partition coefficient (Wildman–Crippen LogP) is 3.83. The molecule has 0 radical (unpaired) electrons. The van der Waals surface area contributed by atoms with Crippen LogP contribution in [0.2, 0.25) is 0 Å². The Morgan fingerprint density at radius 1 is 1.40 bits per heavy atom. The Balaban J connectivity index is 2.00. The van der Waals surface area contributed by atoms with Crippen LogP contribution in [0.25, 0.3) is 10.9 Å². The van der Waals surface area contributed by atoms with Crippen LogP contribution in [0.3, 0.4) is 0 Å². The Bertz CT molecular complexity index is 886. The van der Waals surface area contributed by atoms with Crippen LogP contribution in [0.1, 0.15) is 55.0 Å². The summed E-state index contributed by atoms with van der Waals surface area (Å²) in [6.45, 7) is 3.95. The molecule has 0 amide bonds. The number of aryl methyl sites for hydroxylation is 1. The highest BCUT2D eigenvalue weighted by molar-refractivity contribution is 5.92. The molecule has 0 saturated heterocycles. The topological polar surface area (TPSA) is 75.1 Å². The summed E-state index contributed by atoms with van der Waals surface area (Å²) in [6, 6.07) is 6.12. The molecule has 2 aromatic rings. The molecule has 2 aliphatic rings. The van der Waals surface area contributed by atoms with Gasteiger partial charge < -0.3 is 14.5 Å². The molecule has 1 N–H and O–H groups in total. The number of H-pyrrole nitrogens is 1. The number of hydrogen-bond acceptors (Lipinski definition) is 4. The normalized spacial score (nSPS) is 23.4. The average molecular weight is 338 g/mol. The van der Waals surface area contributed by atoms with E-state index in [1.165, 1.54) is 6.92 Å². The van der Waals surface area contributed by atoms with E-state index in [9.17, 15) is 10.1 Å². The molecule has 25 heavy (non-hydrogen) atoms. The molecule has 1 aromatic heterocycles. The van der Waals surface area contributed by atoms with E-state index in [-0.39, 0.29) is 11.9 Å². The first kappa shape index (κ1) is 16.2. The number of rotatable bonds is 2. The van der Waals surface area contributed by atoms with E-state index in [1.54, 1.807) is 0 Å². The SMILES string of the molecule is CC(=O)OC1(C2CCCC2)OCCc2c1[nH]c1c(C)ccc(C#N)c21. The number of ether oxygens (including phenoxy) is 2. The summed E-state index contributed by atoms with van der Waals surface area (Å²) in [4.78, 5) is 15.4. The number of esters is 1. The van der Waals surface area contributed by atoms with Crippen LogP contribution in [0, 0.1) is 24.2 Å². The number of nitrogens with zero attached hydrogens (tertiary/aromatic N) is 1. The molecular weight excluding hydrogens is 316 g/mol. The number of nitrogens with one attached hydrogen (secondary N) is 1. The molecule has 0 spiro atoms. The van der Waals surface area contributed by atoms with Gasteiger partial charge in [0.05, 0.1) is 29.5 Å². The summed E-state index contributed by atoms with van der Waals surface area (Å²) in [5.41, 5.74) is 4.58. The van der Waals surface area contributed by atoms with Gasteiger partial charge >= 0.3 is 5.97 Å².